The van der Waals surface area contributed by atoms with Crippen LogP contribution in [-0.4, -0.2) is 16.1 Å². The van der Waals surface area contributed by atoms with Crippen molar-refractivity contribution in [3.63, 3.8) is 0 Å². The van der Waals surface area contributed by atoms with Gasteiger partial charge >= 0.3 is 0 Å². The van der Waals surface area contributed by atoms with Crippen LogP contribution in [0, 0.1) is 6.92 Å². The molecule has 0 aliphatic heterocycles. The number of carbonyl (C=O) groups is 2. The summed E-state index contributed by atoms with van der Waals surface area (Å²) < 4.78 is 4.28. The Morgan fingerprint density at radius 1 is 0.839 bits per heavy atom. The second kappa shape index (κ2) is 8.91. The molecular formula is C26H27BrN2O2. The van der Waals surface area contributed by atoms with E-state index in [1.807, 2.05) is 30.3 Å². The number of carbonyl (C=O) groups excluding carboxylic acids is 2. The first kappa shape index (κ1) is 21.7. The van der Waals surface area contributed by atoms with Gasteiger partial charge in [0.2, 0.25) is 23.0 Å². The lowest BCUT2D eigenvalue weighted by Crippen LogP contribution is -3.00. The Balaban J connectivity index is 0.00000231. The van der Waals surface area contributed by atoms with Crippen molar-refractivity contribution in [3.8, 4) is 0 Å². The highest BCUT2D eigenvalue weighted by Gasteiger charge is 2.44. The maximum absolute atomic E-state index is 13.6. The van der Waals surface area contributed by atoms with Crippen molar-refractivity contribution in [1.82, 2.24) is 4.57 Å². The summed E-state index contributed by atoms with van der Waals surface area (Å²) in [6, 6.07) is 17.7. The zero-order chi connectivity index (χ0) is 20.7. The minimum Gasteiger partial charge on any atom is -1.00 e. The van der Waals surface area contributed by atoms with Gasteiger partial charge in [0.25, 0.3) is 5.82 Å². The molecule has 0 amide bonds. The minimum atomic E-state index is -0.0356. The summed E-state index contributed by atoms with van der Waals surface area (Å²) in [6.07, 6.45) is 6.98. The fourth-order valence-electron chi connectivity index (χ4n) is 5.20. The molecule has 0 atom stereocenters. The Kier molecular flexibility index (Phi) is 6.24. The van der Waals surface area contributed by atoms with Crippen LogP contribution in [0.1, 0.15) is 88.1 Å². The zero-order valence-corrected chi connectivity index (χ0v) is 19.4. The molecule has 0 spiro atoms. The summed E-state index contributed by atoms with van der Waals surface area (Å²) in [4.78, 5) is 27.2. The molecule has 31 heavy (non-hydrogen) atoms. The molecule has 160 valence electrons. The number of fused-ring (bicyclic) bond motifs is 2. The Hall–Kier alpha value is -2.53. The second-order valence-corrected chi connectivity index (χ2v) is 8.54. The lowest BCUT2D eigenvalue weighted by atomic mass is 9.89. The minimum absolute atomic E-state index is 0. The first-order valence-corrected chi connectivity index (χ1v) is 11.0. The van der Waals surface area contributed by atoms with E-state index in [-0.39, 0.29) is 34.6 Å². The van der Waals surface area contributed by atoms with Gasteiger partial charge in [0.15, 0.2) is 0 Å². The highest BCUT2D eigenvalue weighted by atomic mass is 79.9. The molecule has 0 unspecified atom stereocenters. The van der Waals surface area contributed by atoms with Gasteiger partial charge in [-0.1, -0.05) is 67.4 Å². The number of nitrogens with zero attached hydrogens (tertiary/aromatic N) is 2. The molecule has 1 saturated carbocycles. The number of hydrogen-bond acceptors (Lipinski definition) is 2. The predicted molar refractivity (Wildman–Crippen MR) is 115 cm³/mol. The second-order valence-electron chi connectivity index (χ2n) is 8.54. The molecule has 5 rings (SSSR count). The lowest BCUT2D eigenvalue weighted by molar-refractivity contribution is -0.695. The van der Waals surface area contributed by atoms with Crippen molar-refractivity contribution in [1.29, 1.82) is 0 Å². The van der Waals surface area contributed by atoms with E-state index < -0.39 is 0 Å². The van der Waals surface area contributed by atoms with Crippen molar-refractivity contribution >= 4 is 11.6 Å². The summed E-state index contributed by atoms with van der Waals surface area (Å²) in [6.45, 7) is 2.66. The van der Waals surface area contributed by atoms with Crippen LogP contribution in [0.3, 0.4) is 0 Å². The maximum Gasteiger partial charge on any atom is 0.254 e. The molecule has 0 bridgehead atoms. The molecule has 2 aliphatic rings. The molecule has 0 saturated heterocycles. The van der Waals surface area contributed by atoms with Crippen molar-refractivity contribution in [3.05, 3.63) is 88.5 Å². The van der Waals surface area contributed by atoms with Crippen LogP contribution >= 0.6 is 0 Å². The highest BCUT2D eigenvalue weighted by Crippen LogP contribution is 2.34. The molecular weight excluding hydrogens is 452 g/mol. The van der Waals surface area contributed by atoms with Crippen LogP contribution in [0.5, 0.6) is 0 Å². The molecule has 0 radical (unpaired) electrons. The summed E-state index contributed by atoms with van der Waals surface area (Å²) >= 11 is 0. The van der Waals surface area contributed by atoms with Crippen molar-refractivity contribution in [2.24, 2.45) is 0 Å². The number of benzene rings is 2. The average molecular weight is 479 g/mol. The van der Waals surface area contributed by atoms with Crippen LogP contribution in [0.15, 0.2) is 54.6 Å². The van der Waals surface area contributed by atoms with Gasteiger partial charge in [-0.25, -0.2) is 9.13 Å². The Morgan fingerprint density at radius 2 is 1.42 bits per heavy atom. The van der Waals surface area contributed by atoms with Gasteiger partial charge in [-0.05, 0) is 31.2 Å². The van der Waals surface area contributed by atoms with Crippen LogP contribution in [0.2, 0.25) is 0 Å². The quantitative estimate of drug-likeness (QED) is 0.333. The van der Waals surface area contributed by atoms with Crippen LogP contribution < -0.4 is 21.5 Å². The summed E-state index contributed by atoms with van der Waals surface area (Å²) in [5.41, 5.74) is 3.35. The first-order valence-electron chi connectivity index (χ1n) is 11.0. The first-order chi connectivity index (χ1) is 14.7. The van der Waals surface area contributed by atoms with E-state index in [1.54, 1.807) is 12.1 Å². The third kappa shape index (κ3) is 3.69. The molecule has 3 aromatic rings. The molecule has 2 aromatic carbocycles. The van der Waals surface area contributed by atoms with E-state index >= 15 is 0 Å². The van der Waals surface area contributed by atoms with Gasteiger partial charge < -0.3 is 17.0 Å². The van der Waals surface area contributed by atoms with Crippen LogP contribution in [0.4, 0.5) is 0 Å². The predicted octanol–water partition coefficient (Wildman–Crippen LogP) is 1.81. The number of hydrogen-bond donors (Lipinski definition) is 0. The normalized spacial score (nSPS) is 16.3. The van der Waals surface area contributed by atoms with Crippen LogP contribution in [-0.2, 0) is 6.54 Å². The molecule has 1 fully saturated rings. The summed E-state index contributed by atoms with van der Waals surface area (Å²) in [7, 11) is 0. The van der Waals surface area contributed by atoms with Gasteiger partial charge in [0, 0.05) is 18.1 Å². The molecule has 1 aromatic heterocycles. The highest BCUT2D eigenvalue weighted by molar-refractivity contribution is 6.26. The fraction of sp³-hybridized carbons (Fsp3) is 0.346. The van der Waals surface area contributed by atoms with E-state index in [4.69, 9.17) is 0 Å². The van der Waals surface area contributed by atoms with Gasteiger partial charge in [0.05, 0.1) is 0 Å². The molecule has 0 N–H and O–H groups in total. The molecule has 1 heterocycles. The average Bonchev–Trinajstić information content (AvgIpc) is 2.93. The zero-order valence-electron chi connectivity index (χ0n) is 17.8. The largest absolute Gasteiger partial charge is 1.00 e. The van der Waals surface area contributed by atoms with E-state index in [0.29, 0.717) is 29.1 Å². The standard InChI is InChI=1S/C26H27N2O2.BrH/c1-18-27(17-19-11-5-4-6-12-19)23-24(28(18)20-13-7-2-3-8-14-20)26(30)22-16-10-9-15-21(22)25(23)29;/h4-6,9-12,15-16,20H,2-3,7-8,13-14,17H2,1H3;1H/q+1;/p-1. The molecule has 5 heteroatoms. The third-order valence-corrected chi connectivity index (χ3v) is 6.69. The number of aromatic nitrogens is 2. The number of rotatable bonds is 3. The van der Waals surface area contributed by atoms with Crippen molar-refractivity contribution in [2.45, 2.75) is 58.0 Å². The Bertz CT molecular complexity index is 1130. The van der Waals surface area contributed by atoms with Gasteiger partial charge in [0.1, 0.15) is 12.6 Å². The third-order valence-electron chi connectivity index (χ3n) is 6.69. The van der Waals surface area contributed by atoms with Crippen molar-refractivity contribution in [2.75, 3.05) is 0 Å². The smallest absolute Gasteiger partial charge is 0.254 e. The van der Waals surface area contributed by atoms with Crippen LogP contribution in [0.25, 0.3) is 0 Å². The Labute approximate surface area is 193 Å². The Morgan fingerprint density at radius 3 is 2.06 bits per heavy atom. The summed E-state index contributed by atoms with van der Waals surface area (Å²) in [5, 5.41) is 0. The SMILES string of the molecule is Cc1n(C2CCCCCC2)c2c([n+]1Cc1ccccc1)C(=O)c1ccccc1C2=O.[Br-]. The molecule has 4 nitrogen and oxygen atoms in total. The number of imidazole rings is 1. The van der Waals surface area contributed by atoms with E-state index in [2.05, 4.69) is 28.2 Å². The fourth-order valence-corrected chi connectivity index (χ4v) is 5.20. The number of ketones is 2. The monoisotopic (exact) mass is 478 g/mol. The molecule has 2 aliphatic carbocycles. The van der Waals surface area contributed by atoms with E-state index in [1.165, 1.54) is 25.7 Å². The van der Waals surface area contributed by atoms with Gasteiger partial charge in [-0.3, -0.25) is 9.59 Å². The summed E-state index contributed by atoms with van der Waals surface area (Å²) in [5.74, 6) is 0.955. The van der Waals surface area contributed by atoms with Gasteiger partial charge in [-0.15, -0.1) is 0 Å². The van der Waals surface area contributed by atoms with E-state index in [9.17, 15) is 9.59 Å². The lowest BCUT2D eigenvalue weighted by Gasteiger charge is -2.17. The van der Waals surface area contributed by atoms with E-state index in [0.717, 1.165) is 24.2 Å². The topological polar surface area (TPSA) is 43.0 Å². The van der Waals surface area contributed by atoms with Gasteiger partial charge in [-0.2, -0.15) is 0 Å². The number of halogens is 1. The van der Waals surface area contributed by atoms with Crippen molar-refractivity contribution < 1.29 is 31.1 Å². The maximum atomic E-state index is 13.6.